The highest BCUT2D eigenvalue weighted by Crippen LogP contribution is 2.00. The van der Waals surface area contributed by atoms with Gasteiger partial charge in [0.15, 0.2) is 0 Å². The van der Waals surface area contributed by atoms with Crippen molar-refractivity contribution >= 4 is 34.0 Å². The van der Waals surface area contributed by atoms with E-state index in [9.17, 15) is 0 Å². The van der Waals surface area contributed by atoms with Crippen molar-refractivity contribution in [3.63, 3.8) is 0 Å². The predicted molar refractivity (Wildman–Crippen MR) is 55.1 cm³/mol. The molecule has 0 radical (unpaired) electrons. The lowest BCUT2D eigenvalue weighted by Gasteiger charge is -1.90. The summed E-state index contributed by atoms with van der Waals surface area (Å²) in [5.74, 6) is 0. The van der Waals surface area contributed by atoms with E-state index in [-0.39, 0.29) is 34.0 Å². The maximum Gasteiger partial charge on any atom is -0.0533 e. The van der Waals surface area contributed by atoms with Gasteiger partial charge in [-0.1, -0.05) is 46.0 Å². The van der Waals surface area contributed by atoms with E-state index in [0.29, 0.717) is 0 Å². The van der Waals surface area contributed by atoms with Gasteiger partial charge in [0.2, 0.25) is 0 Å². The monoisotopic (exact) mass is 260 g/mol. The summed E-state index contributed by atoms with van der Waals surface area (Å²) in [5, 5.41) is 0. The van der Waals surface area contributed by atoms with Crippen molar-refractivity contribution in [3.05, 3.63) is 0 Å². The van der Waals surface area contributed by atoms with Crippen LogP contribution < -0.4 is 0 Å². The molecule has 0 bridgehead atoms. The van der Waals surface area contributed by atoms with Crippen molar-refractivity contribution < 1.29 is 0 Å². The van der Waals surface area contributed by atoms with Gasteiger partial charge in [0.05, 0.1) is 0 Å². The second-order valence-electron chi connectivity index (χ2n) is 2.06. The minimum atomic E-state index is 0. The Bertz CT molecular complexity index is 26.1. The molecule has 9 heavy (non-hydrogen) atoms. The van der Waals surface area contributed by atoms with Crippen LogP contribution in [-0.4, -0.2) is 0 Å². The van der Waals surface area contributed by atoms with Gasteiger partial charge in [0.1, 0.15) is 0 Å². The maximum absolute atomic E-state index is 2.25. The Morgan fingerprint density at radius 1 is 0.667 bits per heavy atom. The van der Waals surface area contributed by atoms with E-state index in [1.54, 1.807) is 0 Å². The summed E-state index contributed by atoms with van der Waals surface area (Å²) in [4.78, 5) is 0. The van der Waals surface area contributed by atoms with Crippen LogP contribution in [0.25, 0.3) is 0 Å². The maximum atomic E-state index is 2.25. The molecule has 0 saturated carbocycles. The summed E-state index contributed by atoms with van der Waals surface area (Å²) in [5.41, 5.74) is 0. The van der Waals surface area contributed by atoms with E-state index in [1.165, 1.54) is 32.1 Å². The van der Waals surface area contributed by atoms with Crippen LogP contribution in [0.4, 0.5) is 0 Å². The van der Waals surface area contributed by atoms with Crippen molar-refractivity contribution in [2.45, 2.75) is 46.0 Å². The highest BCUT2D eigenvalue weighted by atomic mass is 79.9. The SMILES string of the molecule is Br.Br.CCCCCCC. The van der Waals surface area contributed by atoms with E-state index in [1.807, 2.05) is 0 Å². The summed E-state index contributed by atoms with van der Waals surface area (Å²) >= 11 is 0. The third kappa shape index (κ3) is 17.6. The van der Waals surface area contributed by atoms with E-state index in [0.717, 1.165) is 0 Å². The topological polar surface area (TPSA) is 0 Å². The van der Waals surface area contributed by atoms with E-state index >= 15 is 0 Å². The third-order valence-electron chi connectivity index (χ3n) is 1.21. The lowest BCUT2D eigenvalue weighted by Crippen LogP contribution is -1.70. The molecule has 0 amide bonds. The molecular formula is C7H18Br2. The van der Waals surface area contributed by atoms with E-state index in [2.05, 4.69) is 13.8 Å². The average Bonchev–Trinajstić information content (AvgIpc) is 1.69. The summed E-state index contributed by atoms with van der Waals surface area (Å²) in [6, 6.07) is 0. The Kier molecular flexibility index (Phi) is 29.3. The van der Waals surface area contributed by atoms with E-state index in [4.69, 9.17) is 0 Å². The molecule has 0 nitrogen and oxygen atoms in total. The van der Waals surface area contributed by atoms with Crippen molar-refractivity contribution in [1.29, 1.82) is 0 Å². The second kappa shape index (κ2) is 16.0. The van der Waals surface area contributed by atoms with Gasteiger partial charge in [0, 0.05) is 0 Å². The zero-order valence-corrected chi connectivity index (χ0v) is 9.78. The molecule has 0 atom stereocenters. The minimum absolute atomic E-state index is 0. The Balaban J connectivity index is -0.000000180. The fraction of sp³-hybridized carbons (Fsp3) is 1.00. The standard InChI is InChI=1S/C7H16.2BrH/c1-3-5-7-6-4-2;;/h3-7H2,1-2H3;2*1H. The molecular weight excluding hydrogens is 244 g/mol. The smallest absolute Gasteiger partial charge is 0.0533 e. The molecule has 2 heteroatoms. The van der Waals surface area contributed by atoms with Crippen LogP contribution in [0.1, 0.15) is 46.0 Å². The highest BCUT2D eigenvalue weighted by Gasteiger charge is 1.80. The molecule has 0 aromatic heterocycles. The molecule has 0 aromatic carbocycles. The molecule has 0 aromatic rings. The fourth-order valence-corrected chi connectivity index (χ4v) is 0.677. The number of hydrogen-bond acceptors (Lipinski definition) is 0. The first-order valence-corrected chi connectivity index (χ1v) is 3.41. The largest absolute Gasteiger partial charge is 0.114 e. The normalized spacial score (nSPS) is 7.33. The average molecular weight is 262 g/mol. The molecule has 60 valence electrons. The number of rotatable bonds is 4. The highest BCUT2D eigenvalue weighted by molar-refractivity contribution is 8.93. The Morgan fingerprint density at radius 3 is 1.22 bits per heavy atom. The van der Waals surface area contributed by atoms with Crippen molar-refractivity contribution in [2.24, 2.45) is 0 Å². The molecule has 0 fully saturated rings. The molecule has 0 saturated heterocycles. The first-order valence-electron chi connectivity index (χ1n) is 3.41. The third-order valence-corrected chi connectivity index (χ3v) is 1.21. The van der Waals surface area contributed by atoms with Crippen LogP contribution in [-0.2, 0) is 0 Å². The molecule has 0 rings (SSSR count). The van der Waals surface area contributed by atoms with Gasteiger partial charge in [-0.15, -0.1) is 34.0 Å². The Labute approximate surface area is 80.0 Å². The summed E-state index contributed by atoms with van der Waals surface area (Å²) in [6.45, 7) is 4.49. The lowest BCUT2D eigenvalue weighted by molar-refractivity contribution is 0.656. The molecule has 0 aliphatic rings. The van der Waals surface area contributed by atoms with Gasteiger partial charge < -0.3 is 0 Å². The van der Waals surface area contributed by atoms with Crippen LogP contribution in [0.3, 0.4) is 0 Å². The zero-order chi connectivity index (χ0) is 5.54. The number of halogens is 2. The summed E-state index contributed by atoms with van der Waals surface area (Å²) < 4.78 is 0. The van der Waals surface area contributed by atoms with Crippen molar-refractivity contribution in [1.82, 2.24) is 0 Å². The Hall–Kier alpha value is 0.960. The van der Waals surface area contributed by atoms with Crippen molar-refractivity contribution in [2.75, 3.05) is 0 Å². The lowest BCUT2D eigenvalue weighted by atomic mass is 10.2. The molecule has 0 aliphatic carbocycles. The fourth-order valence-electron chi connectivity index (χ4n) is 0.677. The number of hydrogen-bond donors (Lipinski definition) is 0. The predicted octanol–water partition coefficient (Wildman–Crippen LogP) is 4.13. The first kappa shape index (κ1) is 16.5. The van der Waals surface area contributed by atoms with Crippen LogP contribution in [0, 0.1) is 0 Å². The van der Waals surface area contributed by atoms with Gasteiger partial charge >= 0.3 is 0 Å². The molecule has 0 heterocycles. The quantitative estimate of drug-likeness (QED) is 0.668. The summed E-state index contributed by atoms with van der Waals surface area (Å²) in [6.07, 6.45) is 7.01. The van der Waals surface area contributed by atoms with Crippen LogP contribution >= 0.6 is 34.0 Å². The second-order valence-corrected chi connectivity index (χ2v) is 2.06. The van der Waals surface area contributed by atoms with Crippen LogP contribution in [0.2, 0.25) is 0 Å². The molecule has 0 aliphatic heterocycles. The van der Waals surface area contributed by atoms with Gasteiger partial charge in [-0.3, -0.25) is 0 Å². The minimum Gasteiger partial charge on any atom is -0.114 e. The van der Waals surface area contributed by atoms with Gasteiger partial charge in [-0.25, -0.2) is 0 Å². The van der Waals surface area contributed by atoms with Crippen LogP contribution in [0.15, 0.2) is 0 Å². The van der Waals surface area contributed by atoms with Crippen LogP contribution in [0.5, 0.6) is 0 Å². The number of unbranched alkanes of at least 4 members (excludes halogenated alkanes) is 4. The molecule has 0 N–H and O–H groups in total. The van der Waals surface area contributed by atoms with Crippen molar-refractivity contribution in [3.8, 4) is 0 Å². The van der Waals surface area contributed by atoms with Gasteiger partial charge in [-0.05, 0) is 0 Å². The summed E-state index contributed by atoms with van der Waals surface area (Å²) in [7, 11) is 0. The van der Waals surface area contributed by atoms with E-state index < -0.39 is 0 Å². The van der Waals surface area contributed by atoms with Gasteiger partial charge in [0.25, 0.3) is 0 Å². The first-order chi connectivity index (χ1) is 3.41. The molecule has 0 spiro atoms. The Morgan fingerprint density at radius 2 is 1.00 bits per heavy atom. The van der Waals surface area contributed by atoms with Gasteiger partial charge in [-0.2, -0.15) is 0 Å². The molecule has 0 unspecified atom stereocenters. The zero-order valence-electron chi connectivity index (χ0n) is 6.35.